The Hall–Kier alpha value is -0.610. The van der Waals surface area contributed by atoms with Crippen LogP contribution in [0.2, 0.25) is 0 Å². The van der Waals surface area contributed by atoms with Crippen LogP contribution in [0.15, 0.2) is 4.99 Å². The molecule has 0 aromatic carbocycles. The Morgan fingerprint density at radius 2 is 1.69 bits per heavy atom. The predicted octanol–water partition coefficient (Wildman–Crippen LogP) is 2.26. The molecule has 0 spiro atoms. The van der Waals surface area contributed by atoms with E-state index in [1.54, 1.807) is 0 Å². The molecule has 8 heteroatoms. The molecule has 2 aliphatic heterocycles. The number of carbonyl (C=O) groups excluding carboxylic acids is 1. The summed E-state index contributed by atoms with van der Waals surface area (Å²) >= 11 is 0. The van der Waals surface area contributed by atoms with Crippen molar-refractivity contribution in [3.8, 4) is 0 Å². The second kappa shape index (κ2) is 14.4. The number of ether oxygens (including phenoxy) is 1. The highest BCUT2D eigenvalue weighted by Gasteiger charge is 2.24. The van der Waals surface area contributed by atoms with E-state index in [-0.39, 0.29) is 30.1 Å². The van der Waals surface area contributed by atoms with E-state index in [1.807, 2.05) is 11.9 Å². The third kappa shape index (κ3) is 8.96. The van der Waals surface area contributed by atoms with Crippen molar-refractivity contribution in [2.75, 3.05) is 66.0 Å². The van der Waals surface area contributed by atoms with Crippen LogP contribution in [-0.2, 0) is 9.53 Å². The van der Waals surface area contributed by atoms with E-state index in [0.29, 0.717) is 18.4 Å². The first-order valence-electron chi connectivity index (χ1n) is 11.1. The van der Waals surface area contributed by atoms with Crippen LogP contribution in [0.4, 0.5) is 0 Å². The summed E-state index contributed by atoms with van der Waals surface area (Å²) in [4.78, 5) is 23.6. The van der Waals surface area contributed by atoms with E-state index in [0.717, 1.165) is 77.6 Å². The molecule has 1 amide bonds. The van der Waals surface area contributed by atoms with Gasteiger partial charge < -0.3 is 19.9 Å². The zero-order chi connectivity index (χ0) is 20.4. The molecule has 2 aliphatic rings. The molecule has 1 atom stereocenters. The minimum atomic E-state index is 0. The van der Waals surface area contributed by atoms with E-state index >= 15 is 0 Å². The van der Waals surface area contributed by atoms with Gasteiger partial charge in [0.2, 0.25) is 5.91 Å². The molecule has 7 nitrogen and oxygen atoms in total. The van der Waals surface area contributed by atoms with Crippen LogP contribution in [0.5, 0.6) is 0 Å². The molecule has 2 rings (SSSR count). The molecule has 2 fully saturated rings. The second-order valence-electron chi connectivity index (χ2n) is 8.21. The Labute approximate surface area is 194 Å². The monoisotopic (exact) mass is 523 g/mol. The molecule has 1 unspecified atom stereocenters. The van der Waals surface area contributed by atoms with Gasteiger partial charge in [0.1, 0.15) is 0 Å². The van der Waals surface area contributed by atoms with Crippen molar-refractivity contribution < 1.29 is 9.53 Å². The molecule has 29 heavy (non-hydrogen) atoms. The highest BCUT2D eigenvalue weighted by Crippen LogP contribution is 2.11. The van der Waals surface area contributed by atoms with Crippen molar-refractivity contribution in [1.29, 1.82) is 0 Å². The molecule has 0 radical (unpaired) electrons. The number of halogens is 1. The Morgan fingerprint density at radius 3 is 2.24 bits per heavy atom. The Bertz CT molecular complexity index is 489. The lowest BCUT2D eigenvalue weighted by atomic mass is 10.0. The number of piperazine rings is 1. The second-order valence-corrected chi connectivity index (χ2v) is 8.21. The number of carbonyl (C=O) groups is 1. The minimum Gasteiger partial charge on any atom is -0.378 e. The average Bonchev–Trinajstić information content (AvgIpc) is 2.71. The molecule has 0 saturated carbocycles. The predicted molar refractivity (Wildman–Crippen MR) is 130 cm³/mol. The summed E-state index contributed by atoms with van der Waals surface area (Å²) in [5, 5.41) is 3.49. The third-order valence-electron chi connectivity index (χ3n) is 5.79. The maximum Gasteiger partial charge on any atom is 0.236 e. The number of rotatable bonds is 8. The molecule has 0 aromatic heterocycles. The Morgan fingerprint density at radius 1 is 1.03 bits per heavy atom. The summed E-state index contributed by atoms with van der Waals surface area (Å²) in [6.07, 6.45) is 4.84. The molecule has 170 valence electrons. The van der Waals surface area contributed by atoms with Gasteiger partial charge in [-0.25, -0.2) is 0 Å². The van der Waals surface area contributed by atoms with Crippen molar-refractivity contribution >= 4 is 35.8 Å². The van der Waals surface area contributed by atoms with Gasteiger partial charge in [0.15, 0.2) is 5.96 Å². The van der Waals surface area contributed by atoms with Crippen LogP contribution in [0.1, 0.15) is 46.5 Å². The molecule has 1 N–H and O–H groups in total. The van der Waals surface area contributed by atoms with Crippen molar-refractivity contribution in [3.63, 3.8) is 0 Å². The van der Waals surface area contributed by atoms with Crippen LogP contribution < -0.4 is 5.32 Å². The third-order valence-corrected chi connectivity index (χ3v) is 5.79. The summed E-state index contributed by atoms with van der Waals surface area (Å²) in [6.45, 7) is 14.2. The fraction of sp³-hybridized carbons (Fsp3) is 0.905. The topological polar surface area (TPSA) is 60.4 Å². The highest BCUT2D eigenvalue weighted by atomic mass is 127. The van der Waals surface area contributed by atoms with Gasteiger partial charge in [-0.1, -0.05) is 13.8 Å². The lowest BCUT2D eigenvalue weighted by molar-refractivity contribution is -0.133. The summed E-state index contributed by atoms with van der Waals surface area (Å²) in [6, 6.07) is 0. The molecule has 2 heterocycles. The first-order chi connectivity index (χ1) is 13.5. The minimum absolute atomic E-state index is 0. The fourth-order valence-corrected chi connectivity index (χ4v) is 4.03. The molecule has 2 saturated heterocycles. The molecule has 0 aromatic rings. The average molecular weight is 524 g/mol. The Balaban J connectivity index is 0.00000420. The summed E-state index contributed by atoms with van der Waals surface area (Å²) in [7, 11) is 1.84. The number of nitrogens with zero attached hydrogens (tertiary/aromatic N) is 4. The summed E-state index contributed by atoms with van der Waals surface area (Å²) in [5.41, 5.74) is 0. The van der Waals surface area contributed by atoms with E-state index in [1.165, 1.54) is 6.42 Å². The largest absolute Gasteiger partial charge is 0.378 e. The number of piperidine rings is 1. The van der Waals surface area contributed by atoms with Gasteiger partial charge in [0.25, 0.3) is 0 Å². The molecule has 0 bridgehead atoms. The van der Waals surface area contributed by atoms with Gasteiger partial charge in [-0.15, -0.1) is 24.0 Å². The number of hydrogen-bond acceptors (Lipinski definition) is 4. The fourth-order valence-electron chi connectivity index (χ4n) is 4.03. The van der Waals surface area contributed by atoms with E-state index in [4.69, 9.17) is 4.74 Å². The van der Waals surface area contributed by atoms with Crippen LogP contribution in [0, 0.1) is 5.92 Å². The number of guanidine groups is 1. The van der Waals surface area contributed by atoms with E-state index in [2.05, 4.69) is 40.9 Å². The zero-order valence-corrected chi connectivity index (χ0v) is 21.2. The van der Waals surface area contributed by atoms with Gasteiger partial charge in [0.05, 0.1) is 12.6 Å². The van der Waals surface area contributed by atoms with Gasteiger partial charge in [0, 0.05) is 59.5 Å². The molecule has 0 aliphatic carbocycles. The highest BCUT2D eigenvalue weighted by molar-refractivity contribution is 14.0. The maximum absolute atomic E-state index is 12.5. The smallest absolute Gasteiger partial charge is 0.236 e. The van der Waals surface area contributed by atoms with Gasteiger partial charge in [-0.05, 0) is 38.5 Å². The van der Waals surface area contributed by atoms with Gasteiger partial charge >= 0.3 is 0 Å². The number of nitrogens with one attached hydrogen (secondary N) is 1. The van der Waals surface area contributed by atoms with Crippen molar-refractivity contribution in [1.82, 2.24) is 20.0 Å². The van der Waals surface area contributed by atoms with E-state index in [9.17, 15) is 4.79 Å². The SMILES string of the molecule is CCOC(CCNC(=NC)N1CCN(CC(=O)N2CCCCC2)CC1)C(C)C.I. The summed E-state index contributed by atoms with van der Waals surface area (Å²) in [5.74, 6) is 1.78. The maximum atomic E-state index is 12.5. The number of aliphatic imine (C=N–C) groups is 1. The molecular formula is C21H42IN5O2. The lowest BCUT2D eigenvalue weighted by Gasteiger charge is -2.37. The normalized spacial score (nSPS) is 19.8. The lowest BCUT2D eigenvalue weighted by Crippen LogP contribution is -2.54. The zero-order valence-electron chi connectivity index (χ0n) is 18.9. The van der Waals surface area contributed by atoms with Gasteiger partial charge in [-0.2, -0.15) is 0 Å². The number of amides is 1. The number of hydrogen-bond donors (Lipinski definition) is 1. The van der Waals surface area contributed by atoms with Crippen molar-refractivity contribution in [2.24, 2.45) is 10.9 Å². The van der Waals surface area contributed by atoms with Crippen LogP contribution in [0.25, 0.3) is 0 Å². The Kier molecular flexibility index (Phi) is 13.1. The van der Waals surface area contributed by atoms with Crippen molar-refractivity contribution in [2.45, 2.75) is 52.6 Å². The quantitative estimate of drug-likeness (QED) is 0.301. The van der Waals surface area contributed by atoms with Gasteiger partial charge in [-0.3, -0.25) is 14.7 Å². The standard InChI is InChI=1S/C21H41N5O2.HI/c1-5-28-19(18(2)3)9-10-23-21(22-4)26-15-13-24(14-16-26)17-20(27)25-11-7-6-8-12-25;/h18-19H,5-17H2,1-4H3,(H,22,23);1H. The summed E-state index contributed by atoms with van der Waals surface area (Å²) < 4.78 is 5.83. The van der Waals surface area contributed by atoms with Crippen LogP contribution in [-0.4, -0.2) is 98.7 Å². The molecular weight excluding hydrogens is 481 g/mol. The van der Waals surface area contributed by atoms with Crippen LogP contribution >= 0.6 is 24.0 Å². The van der Waals surface area contributed by atoms with Crippen LogP contribution in [0.3, 0.4) is 0 Å². The number of likely N-dealkylation sites (tertiary alicyclic amines) is 1. The van der Waals surface area contributed by atoms with E-state index < -0.39 is 0 Å². The first kappa shape index (κ1) is 26.4. The first-order valence-corrected chi connectivity index (χ1v) is 11.1. The van der Waals surface area contributed by atoms with Crippen molar-refractivity contribution in [3.05, 3.63) is 0 Å².